The number of anilines is 1. The number of nitrogens with zero attached hydrogens (tertiary/aromatic N) is 4. The molecule has 2 saturated heterocycles. The third-order valence-electron chi connectivity index (χ3n) is 9.33. The summed E-state index contributed by atoms with van der Waals surface area (Å²) in [7, 11) is 1.53. The Labute approximate surface area is 279 Å². The maximum absolute atomic E-state index is 15.6. The molecule has 6 rings (SSSR count). The summed E-state index contributed by atoms with van der Waals surface area (Å²) in [6.45, 7) is 2.29. The third kappa shape index (κ3) is 5.54. The van der Waals surface area contributed by atoms with Gasteiger partial charge in [-0.25, -0.2) is 17.1 Å². The van der Waals surface area contributed by atoms with Crippen molar-refractivity contribution in [2.75, 3.05) is 52.3 Å². The normalized spacial score (nSPS) is 23.3. The number of carbonyl (C=O) groups excluding carboxylic acids is 2. The van der Waals surface area contributed by atoms with Gasteiger partial charge in [-0.3, -0.25) is 19.4 Å². The average Bonchev–Trinajstić information content (AvgIpc) is 3.77. The number of amides is 2. The summed E-state index contributed by atoms with van der Waals surface area (Å²) < 4.78 is 56.4. The molecule has 3 aromatic rings. The molecule has 2 fully saturated rings. The lowest BCUT2D eigenvalue weighted by Gasteiger charge is -2.42. The number of halogens is 2. The fourth-order valence-electron chi connectivity index (χ4n) is 7.15. The van der Waals surface area contributed by atoms with Crippen LogP contribution in [0.15, 0.2) is 65.6 Å². The molecule has 0 aliphatic carbocycles. The summed E-state index contributed by atoms with van der Waals surface area (Å²) in [6, 6.07) is 14.6. The number of fused-ring (bicyclic) bond motifs is 1. The number of ether oxygens (including phenoxy) is 2. The number of carbonyl (C=O) groups is 2. The van der Waals surface area contributed by atoms with Crippen molar-refractivity contribution in [2.45, 2.75) is 48.5 Å². The van der Waals surface area contributed by atoms with E-state index in [0.29, 0.717) is 18.0 Å². The van der Waals surface area contributed by atoms with Gasteiger partial charge in [-0.2, -0.15) is 0 Å². The van der Waals surface area contributed by atoms with Crippen LogP contribution in [-0.2, 0) is 31.7 Å². The standard InChI is InChI=1S/C34H38ClFN4O6S/c1-37(2)32(41)30-19-24(36)21-39(30)34(27-13-7-22(17-31(27)46-4)20-38-15-5-6-16-38)28-18-23(35)8-14-29(28)40(33(34)42)47(43,44)26-11-9-25(45-3)10-12-26/h7-14,17-18,24,30H,5-6,15-16,19-21H2,1-4H3. The lowest BCUT2D eigenvalue weighted by Crippen LogP contribution is -2.59. The van der Waals surface area contributed by atoms with E-state index in [1.54, 1.807) is 20.2 Å². The molecule has 3 heterocycles. The summed E-state index contributed by atoms with van der Waals surface area (Å²) in [6.07, 6.45) is 0.583. The summed E-state index contributed by atoms with van der Waals surface area (Å²) in [5, 5.41) is 0.237. The number of hydrogen-bond acceptors (Lipinski definition) is 8. The van der Waals surface area contributed by atoms with E-state index in [2.05, 4.69) is 4.90 Å². The molecule has 3 atom stereocenters. The van der Waals surface area contributed by atoms with Crippen LogP contribution in [0.4, 0.5) is 10.1 Å². The van der Waals surface area contributed by atoms with Crippen LogP contribution in [0.5, 0.6) is 11.5 Å². The fourth-order valence-corrected chi connectivity index (χ4v) is 8.78. The van der Waals surface area contributed by atoms with E-state index in [1.165, 1.54) is 66.5 Å². The SMILES string of the molecule is COc1ccc(S(=O)(=O)N2C(=O)C(c3ccc(CN4CCCC4)cc3OC)(N3CC(F)CC3C(=O)N(C)C)c3cc(Cl)ccc32)cc1. The molecule has 0 saturated carbocycles. The molecule has 0 N–H and O–H groups in total. The molecule has 3 aliphatic heterocycles. The monoisotopic (exact) mass is 684 g/mol. The smallest absolute Gasteiger partial charge is 0.271 e. The predicted molar refractivity (Wildman–Crippen MR) is 176 cm³/mol. The maximum atomic E-state index is 15.6. The van der Waals surface area contributed by atoms with Gasteiger partial charge >= 0.3 is 0 Å². The van der Waals surface area contributed by atoms with Crippen LogP contribution in [0.3, 0.4) is 0 Å². The van der Waals surface area contributed by atoms with Crippen molar-refractivity contribution in [1.29, 1.82) is 0 Å². The molecule has 3 aliphatic rings. The van der Waals surface area contributed by atoms with Crippen molar-refractivity contribution in [3.63, 3.8) is 0 Å². The first-order valence-corrected chi connectivity index (χ1v) is 17.3. The van der Waals surface area contributed by atoms with Gasteiger partial charge in [0.2, 0.25) is 5.91 Å². The van der Waals surface area contributed by atoms with Gasteiger partial charge in [-0.05, 0) is 80.0 Å². The lowest BCUT2D eigenvalue weighted by molar-refractivity contribution is -0.138. The van der Waals surface area contributed by atoms with Crippen molar-refractivity contribution in [2.24, 2.45) is 0 Å². The van der Waals surface area contributed by atoms with Crippen molar-refractivity contribution in [1.82, 2.24) is 14.7 Å². The second-order valence-corrected chi connectivity index (χ2v) is 14.6. The minimum atomic E-state index is -4.54. The van der Waals surface area contributed by atoms with Crippen molar-refractivity contribution >= 4 is 39.1 Å². The van der Waals surface area contributed by atoms with Crippen molar-refractivity contribution < 1.29 is 31.9 Å². The summed E-state index contributed by atoms with van der Waals surface area (Å²) in [5.41, 5.74) is -0.501. The number of sulfonamides is 1. The van der Waals surface area contributed by atoms with Crippen LogP contribution in [0.2, 0.25) is 5.02 Å². The molecule has 3 aromatic carbocycles. The first-order chi connectivity index (χ1) is 22.4. The number of rotatable bonds is 9. The Morgan fingerprint density at radius 3 is 2.34 bits per heavy atom. The lowest BCUT2D eigenvalue weighted by atomic mass is 9.80. The Bertz CT molecular complexity index is 1800. The average molecular weight is 685 g/mol. The molecular formula is C34H38ClFN4O6S. The Morgan fingerprint density at radius 2 is 1.70 bits per heavy atom. The zero-order valence-electron chi connectivity index (χ0n) is 26.8. The van der Waals surface area contributed by atoms with Gasteiger partial charge in [-0.1, -0.05) is 23.7 Å². The molecule has 10 nitrogen and oxygen atoms in total. The third-order valence-corrected chi connectivity index (χ3v) is 11.3. The molecule has 0 spiro atoms. The maximum Gasteiger partial charge on any atom is 0.271 e. The first kappa shape index (κ1) is 33.2. The van der Waals surface area contributed by atoms with Gasteiger partial charge in [0.1, 0.15) is 17.7 Å². The van der Waals surface area contributed by atoms with E-state index in [1.807, 2.05) is 12.1 Å². The van der Waals surface area contributed by atoms with Gasteiger partial charge in [0.15, 0.2) is 5.54 Å². The van der Waals surface area contributed by atoms with Crippen molar-refractivity contribution in [3.8, 4) is 11.5 Å². The Balaban J connectivity index is 1.62. The Morgan fingerprint density at radius 1 is 1.00 bits per heavy atom. The molecule has 0 aromatic heterocycles. The Kier molecular flexibility index (Phi) is 8.98. The topological polar surface area (TPSA) is 99.7 Å². The first-order valence-electron chi connectivity index (χ1n) is 15.5. The zero-order chi connectivity index (χ0) is 33.7. The quantitative estimate of drug-likeness (QED) is 0.327. The van der Waals surface area contributed by atoms with Gasteiger partial charge < -0.3 is 14.4 Å². The highest BCUT2D eigenvalue weighted by molar-refractivity contribution is 7.93. The minimum Gasteiger partial charge on any atom is -0.497 e. The zero-order valence-corrected chi connectivity index (χ0v) is 28.4. The minimum absolute atomic E-state index is 0.0526. The number of likely N-dealkylation sites (N-methyl/N-ethyl adjacent to an activating group) is 1. The highest BCUT2D eigenvalue weighted by atomic mass is 35.5. The van der Waals surface area contributed by atoms with E-state index >= 15 is 9.18 Å². The van der Waals surface area contributed by atoms with Crippen molar-refractivity contribution in [3.05, 3.63) is 82.4 Å². The van der Waals surface area contributed by atoms with Crippen LogP contribution in [0.1, 0.15) is 36.0 Å². The highest BCUT2D eigenvalue weighted by Crippen LogP contribution is 2.55. The van der Waals surface area contributed by atoms with E-state index in [0.717, 1.165) is 35.8 Å². The molecule has 0 bridgehead atoms. The number of likely N-dealkylation sites (tertiary alicyclic amines) is 2. The van der Waals surface area contributed by atoms with E-state index < -0.39 is 39.6 Å². The van der Waals surface area contributed by atoms with Crippen LogP contribution in [0, 0.1) is 0 Å². The van der Waals surface area contributed by atoms with Gasteiger partial charge in [0.25, 0.3) is 15.9 Å². The van der Waals surface area contributed by atoms with E-state index in [9.17, 15) is 13.2 Å². The molecule has 0 radical (unpaired) electrons. The van der Waals surface area contributed by atoms with Crippen LogP contribution in [0.25, 0.3) is 0 Å². The fraction of sp³-hybridized carbons (Fsp3) is 0.412. The number of alkyl halides is 1. The summed E-state index contributed by atoms with van der Waals surface area (Å²) >= 11 is 6.58. The molecule has 47 heavy (non-hydrogen) atoms. The molecule has 13 heteroatoms. The molecular weight excluding hydrogens is 647 g/mol. The second kappa shape index (κ2) is 12.7. The van der Waals surface area contributed by atoms with Crippen LogP contribution >= 0.6 is 11.6 Å². The van der Waals surface area contributed by atoms with Crippen LogP contribution in [-0.4, -0.2) is 95.1 Å². The molecule has 3 unspecified atom stereocenters. The number of benzene rings is 3. The largest absolute Gasteiger partial charge is 0.497 e. The van der Waals surface area contributed by atoms with E-state index in [-0.39, 0.29) is 39.7 Å². The summed E-state index contributed by atoms with van der Waals surface area (Å²) in [5.74, 6) is -0.556. The molecule has 2 amide bonds. The Hall–Kier alpha value is -3.71. The summed E-state index contributed by atoms with van der Waals surface area (Å²) in [4.78, 5) is 34.0. The van der Waals surface area contributed by atoms with Crippen LogP contribution < -0.4 is 13.8 Å². The van der Waals surface area contributed by atoms with Gasteiger partial charge in [0, 0.05) is 49.8 Å². The van der Waals surface area contributed by atoms with Gasteiger partial charge in [0.05, 0.1) is 30.8 Å². The van der Waals surface area contributed by atoms with E-state index in [4.69, 9.17) is 21.1 Å². The highest BCUT2D eigenvalue weighted by Gasteiger charge is 2.64. The molecule has 250 valence electrons. The number of methoxy groups -OCH3 is 2. The number of hydrogen-bond donors (Lipinski definition) is 0. The predicted octanol–water partition coefficient (Wildman–Crippen LogP) is 4.43. The second-order valence-electron chi connectivity index (χ2n) is 12.4. The van der Waals surface area contributed by atoms with Gasteiger partial charge in [-0.15, -0.1) is 0 Å².